The highest BCUT2D eigenvalue weighted by molar-refractivity contribution is 7.98. The molecule has 0 radical (unpaired) electrons. The van der Waals surface area contributed by atoms with Gasteiger partial charge in [0, 0.05) is 29.6 Å². The molecule has 2 saturated carbocycles. The normalized spacial score (nSPS) is 25.9. The van der Waals surface area contributed by atoms with Gasteiger partial charge in [0.25, 0.3) is 0 Å². The van der Waals surface area contributed by atoms with E-state index in [1.807, 2.05) is 4.90 Å². The standard InChI is InChI=1S/C21H28N4OS/c1-12(23-27-21(2,3)4)17-11-24-9-14(13-5-6-13)8-18(19(24)22-17)25-10-15-7-16(15)20(25)26/h8-9,11-13,15-16,23H,5-7,10H2,1-4H3. The van der Waals surface area contributed by atoms with Crippen LogP contribution in [0.3, 0.4) is 0 Å². The highest BCUT2D eigenvalue weighted by Gasteiger charge is 2.53. The monoisotopic (exact) mass is 384 g/mol. The molecule has 0 spiro atoms. The molecule has 3 atom stereocenters. The first-order chi connectivity index (χ1) is 12.8. The van der Waals surface area contributed by atoms with Crippen molar-refractivity contribution < 1.29 is 4.79 Å². The highest BCUT2D eigenvalue weighted by Crippen LogP contribution is 2.49. The van der Waals surface area contributed by atoms with Crippen molar-refractivity contribution in [3.05, 3.63) is 29.7 Å². The van der Waals surface area contributed by atoms with Crippen molar-refractivity contribution in [3.63, 3.8) is 0 Å². The number of anilines is 1. The predicted octanol–water partition coefficient (Wildman–Crippen LogP) is 4.29. The van der Waals surface area contributed by atoms with E-state index in [0.717, 1.165) is 30.0 Å². The summed E-state index contributed by atoms with van der Waals surface area (Å²) in [4.78, 5) is 19.7. The molecule has 0 bridgehead atoms. The lowest BCUT2D eigenvalue weighted by atomic mass is 10.1. The Kier molecular flexibility index (Phi) is 3.89. The topological polar surface area (TPSA) is 49.6 Å². The number of hydrogen-bond acceptors (Lipinski definition) is 4. The summed E-state index contributed by atoms with van der Waals surface area (Å²) in [5.41, 5.74) is 4.30. The van der Waals surface area contributed by atoms with Gasteiger partial charge in [-0.25, -0.2) is 4.98 Å². The van der Waals surface area contributed by atoms with Crippen LogP contribution in [0.1, 0.15) is 70.2 Å². The van der Waals surface area contributed by atoms with Crippen LogP contribution in [0, 0.1) is 11.8 Å². The van der Waals surface area contributed by atoms with Crippen molar-refractivity contribution in [2.45, 2.75) is 63.7 Å². The molecule has 2 aromatic rings. The quantitative estimate of drug-likeness (QED) is 0.781. The van der Waals surface area contributed by atoms with E-state index >= 15 is 0 Å². The molecule has 6 heteroatoms. The first-order valence-corrected chi connectivity index (χ1v) is 10.9. The van der Waals surface area contributed by atoms with Crippen LogP contribution in [0.15, 0.2) is 18.5 Å². The number of imidazole rings is 1. The second-order valence-corrected chi connectivity index (χ2v) is 11.1. The van der Waals surface area contributed by atoms with Crippen LogP contribution in [-0.4, -0.2) is 26.6 Å². The molecule has 1 amide bonds. The van der Waals surface area contributed by atoms with E-state index in [4.69, 9.17) is 4.98 Å². The molecule has 2 aliphatic carbocycles. The molecule has 3 unspecified atom stereocenters. The maximum Gasteiger partial charge on any atom is 0.230 e. The average Bonchev–Trinajstić information content (AvgIpc) is 3.52. The van der Waals surface area contributed by atoms with Gasteiger partial charge in [0.15, 0.2) is 5.65 Å². The number of fused-ring (bicyclic) bond motifs is 2. The number of rotatable bonds is 5. The van der Waals surface area contributed by atoms with Crippen LogP contribution in [0.5, 0.6) is 0 Å². The first-order valence-electron chi connectivity index (χ1n) is 10.1. The van der Waals surface area contributed by atoms with Gasteiger partial charge in [0.05, 0.1) is 17.4 Å². The Morgan fingerprint density at radius 1 is 1.30 bits per heavy atom. The summed E-state index contributed by atoms with van der Waals surface area (Å²) in [5, 5.41) is 0. The number of piperidine rings is 1. The van der Waals surface area contributed by atoms with Crippen LogP contribution in [0.25, 0.3) is 5.65 Å². The number of hydrogen-bond donors (Lipinski definition) is 1. The highest BCUT2D eigenvalue weighted by atomic mass is 32.2. The third kappa shape index (κ3) is 3.27. The van der Waals surface area contributed by atoms with E-state index in [1.165, 1.54) is 18.4 Å². The number of nitrogens with one attached hydrogen (secondary N) is 1. The molecule has 3 heterocycles. The second-order valence-electron chi connectivity index (χ2n) is 9.43. The minimum Gasteiger partial charge on any atom is -0.308 e. The Labute approximate surface area is 165 Å². The Balaban J connectivity index is 1.51. The fraction of sp³-hybridized carbons (Fsp3) is 0.619. The predicted molar refractivity (Wildman–Crippen MR) is 110 cm³/mol. The van der Waals surface area contributed by atoms with Crippen molar-refractivity contribution in [2.75, 3.05) is 11.4 Å². The zero-order valence-electron chi connectivity index (χ0n) is 16.5. The number of amides is 1. The second kappa shape index (κ2) is 5.98. The zero-order valence-corrected chi connectivity index (χ0v) is 17.3. The number of aromatic nitrogens is 2. The molecule has 5 nitrogen and oxygen atoms in total. The molecule has 3 aliphatic rings. The van der Waals surface area contributed by atoms with E-state index in [9.17, 15) is 4.79 Å². The summed E-state index contributed by atoms with van der Waals surface area (Å²) < 4.78 is 5.82. The Bertz CT molecular complexity index is 911. The third-order valence-corrected chi connectivity index (χ3v) is 6.90. The number of pyridine rings is 1. The first kappa shape index (κ1) is 17.6. The van der Waals surface area contributed by atoms with Crippen molar-refractivity contribution >= 4 is 29.2 Å². The van der Waals surface area contributed by atoms with Gasteiger partial charge in [-0.05, 0) is 70.4 Å². The maximum absolute atomic E-state index is 12.7. The molecule has 1 saturated heterocycles. The summed E-state index contributed by atoms with van der Waals surface area (Å²) >= 11 is 1.74. The van der Waals surface area contributed by atoms with Crippen molar-refractivity contribution in [1.29, 1.82) is 0 Å². The van der Waals surface area contributed by atoms with Gasteiger partial charge in [-0.3, -0.25) is 9.52 Å². The lowest BCUT2D eigenvalue weighted by molar-refractivity contribution is -0.118. The van der Waals surface area contributed by atoms with Gasteiger partial charge < -0.3 is 9.30 Å². The van der Waals surface area contributed by atoms with Gasteiger partial charge in [-0.15, -0.1) is 0 Å². The minimum absolute atomic E-state index is 0.147. The fourth-order valence-electron chi connectivity index (χ4n) is 3.99. The van der Waals surface area contributed by atoms with Gasteiger partial charge in [-0.1, -0.05) is 11.9 Å². The number of carbonyl (C=O) groups is 1. The molecule has 1 N–H and O–H groups in total. The Hall–Kier alpha value is -1.53. The zero-order chi connectivity index (χ0) is 18.9. The summed E-state index contributed by atoms with van der Waals surface area (Å²) in [6.45, 7) is 9.61. The molecule has 0 aromatic carbocycles. The van der Waals surface area contributed by atoms with Crippen molar-refractivity contribution in [2.24, 2.45) is 11.8 Å². The summed E-state index contributed by atoms with van der Waals surface area (Å²) in [5.74, 6) is 1.79. The van der Waals surface area contributed by atoms with Gasteiger partial charge in [0.1, 0.15) is 0 Å². The number of nitrogens with zero attached hydrogens (tertiary/aromatic N) is 3. The smallest absolute Gasteiger partial charge is 0.230 e. The molecular formula is C21H28N4OS. The fourth-order valence-corrected chi connectivity index (χ4v) is 4.64. The average molecular weight is 385 g/mol. The molecule has 2 aromatic heterocycles. The SMILES string of the molecule is CC(NSC(C)(C)C)c1cn2cc(C3CC3)cc(N3CC4CC4C3=O)c2n1. The number of carbonyl (C=O) groups excluding carboxylic acids is 1. The van der Waals surface area contributed by atoms with E-state index in [1.54, 1.807) is 11.9 Å². The van der Waals surface area contributed by atoms with Crippen LogP contribution < -0.4 is 9.62 Å². The van der Waals surface area contributed by atoms with Crippen LogP contribution in [0.4, 0.5) is 5.69 Å². The van der Waals surface area contributed by atoms with E-state index in [2.05, 4.69) is 55.3 Å². The van der Waals surface area contributed by atoms with Crippen LogP contribution in [-0.2, 0) is 4.79 Å². The molecule has 3 fully saturated rings. The van der Waals surface area contributed by atoms with E-state index in [-0.39, 0.29) is 16.7 Å². The molecule has 5 rings (SSSR count). The van der Waals surface area contributed by atoms with Crippen LogP contribution >= 0.6 is 11.9 Å². The Morgan fingerprint density at radius 3 is 2.70 bits per heavy atom. The summed E-state index contributed by atoms with van der Waals surface area (Å²) in [6, 6.07) is 2.38. The summed E-state index contributed by atoms with van der Waals surface area (Å²) in [7, 11) is 0. The lowest BCUT2D eigenvalue weighted by Gasteiger charge is -2.20. The lowest BCUT2D eigenvalue weighted by Crippen LogP contribution is -2.28. The van der Waals surface area contributed by atoms with Crippen molar-refractivity contribution in [1.82, 2.24) is 14.1 Å². The van der Waals surface area contributed by atoms with Gasteiger partial charge in [-0.2, -0.15) is 0 Å². The molecule has 144 valence electrons. The third-order valence-electron chi connectivity index (χ3n) is 5.82. The Morgan fingerprint density at radius 2 is 2.07 bits per heavy atom. The van der Waals surface area contributed by atoms with Crippen LogP contribution in [0.2, 0.25) is 0 Å². The maximum atomic E-state index is 12.7. The van der Waals surface area contributed by atoms with Gasteiger partial charge >= 0.3 is 0 Å². The van der Waals surface area contributed by atoms with Gasteiger partial charge in [0.2, 0.25) is 5.91 Å². The van der Waals surface area contributed by atoms with Crippen molar-refractivity contribution in [3.8, 4) is 0 Å². The molecular weight excluding hydrogens is 356 g/mol. The van der Waals surface area contributed by atoms with E-state index in [0.29, 0.717) is 17.7 Å². The largest absolute Gasteiger partial charge is 0.308 e. The molecule has 1 aliphatic heterocycles. The summed E-state index contributed by atoms with van der Waals surface area (Å²) in [6.07, 6.45) is 7.95. The molecule has 27 heavy (non-hydrogen) atoms. The van der Waals surface area contributed by atoms with E-state index < -0.39 is 0 Å². The minimum atomic E-state index is 0.147.